The highest BCUT2D eigenvalue weighted by atomic mass is 16.6. The lowest BCUT2D eigenvalue weighted by Gasteiger charge is -2.27. The van der Waals surface area contributed by atoms with Crippen molar-refractivity contribution in [3.8, 4) is 22.8 Å². The standard InChI is InChI=1S/C20H23N3O3/c1-13-11-15(7-8-21-13)20(24)23-19-4-2-3-16(22-19)14-5-6-17-18(12-14)26-10-9-25-17/h2-6,12-13,15,21H,7-11H2,1H3,(H,22,23,24)/t13-,15-/m0/s1. The third-order valence-corrected chi connectivity index (χ3v) is 4.83. The lowest BCUT2D eigenvalue weighted by atomic mass is 9.92. The predicted octanol–water partition coefficient (Wildman–Crippen LogP) is 2.85. The Bertz CT molecular complexity index is 809. The number of rotatable bonds is 3. The second kappa shape index (κ2) is 7.33. The zero-order valence-electron chi connectivity index (χ0n) is 14.8. The molecule has 136 valence electrons. The minimum absolute atomic E-state index is 0.0333. The van der Waals surface area contributed by atoms with E-state index in [-0.39, 0.29) is 11.8 Å². The van der Waals surface area contributed by atoms with Gasteiger partial charge < -0.3 is 20.1 Å². The van der Waals surface area contributed by atoms with Gasteiger partial charge in [-0.05, 0) is 56.6 Å². The van der Waals surface area contributed by atoms with Gasteiger partial charge in [-0.2, -0.15) is 0 Å². The molecule has 6 nitrogen and oxygen atoms in total. The van der Waals surface area contributed by atoms with Crippen molar-refractivity contribution in [2.45, 2.75) is 25.8 Å². The first-order valence-electron chi connectivity index (χ1n) is 9.10. The molecule has 0 radical (unpaired) electrons. The van der Waals surface area contributed by atoms with Gasteiger partial charge in [-0.15, -0.1) is 0 Å². The molecular formula is C20H23N3O3. The number of nitrogens with one attached hydrogen (secondary N) is 2. The number of nitrogens with zero attached hydrogens (tertiary/aromatic N) is 1. The van der Waals surface area contributed by atoms with Gasteiger partial charge >= 0.3 is 0 Å². The summed E-state index contributed by atoms with van der Waals surface area (Å²) in [4.78, 5) is 17.1. The van der Waals surface area contributed by atoms with Crippen molar-refractivity contribution in [1.29, 1.82) is 0 Å². The van der Waals surface area contributed by atoms with E-state index in [0.717, 1.165) is 42.1 Å². The third kappa shape index (κ3) is 3.65. The number of hydrogen-bond acceptors (Lipinski definition) is 5. The number of amides is 1. The molecule has 1 amide bonds. The molecule has 0 spiro atoms. The topological polar surface area (TPSA) is 72.5 Å². The SMILES string of the molecule is C[C@H]1C[C@@H](C(=O)Nc2cccc(-c3ccc4c(c3)OCCO4)n2)CCN1. The summed E-state index contributed by atoms with van der Waals surface area (Å²) in [7, 11) is 0. The molecule has 1 aromatic carbocycles. The Morgan fingerprint density at radius 1 is 1.19 bits per heavy atom. The maximum absolute atomic E-state index is 12.5. The largest absolute Gasteiger partial charge is 0.486 e. The van der Waals surface area contributed by atoms with Crippen LogP contribution < -0.4 is 20.1 Å². The molecule has 1 saturated heterocycles. The number of aromatic nitrogens is 1. The van der Waals surface area contributed by atoms with Gasteiger partial charge in [0, 0.05) is 17.5 Å². The van der Waals surface area contributed by atoms with E-state index in [1.165, 1.54) is 0 Å². The minimum Gasteiger partial charge on any atom is -0.486 e. The predicted molar refractivity (Wildman–Crippen MR) is 99.5 cm³/mol. The maximum atomic E-state index is 12.5. The minimum atomic E-state index is 0.0333. The van der Waals surface area contributed by atoms with Crippen molar-refractivity contribution >= 4 is 11.7 Å². The van der Waals surface area contributed by atoms with Crippen molar-refractivity contribution < 1.29 is 14.3 Å². The zero-order valence-corrected chi connectivity index (χ0v) is 14.8. The van der Waals surface area contributed by atoms with Crippen molar-refractivity contribution in [3.63, 3.8) is 0 Å². The Morgan fingerprint density at radius 3 is 2.88 bits per heavy atom. The van der Waals surface area contributed by atoms with Crippen LogP contribution in [0.1, 0.15) is 19.8 Å². The summed E-state index contributed by atoms with van der Waals surface area (Å²) >= 11 is 0. The lowest BCUT2D eigenvalue weighted by molar-refractivity contribution is -0.120. The number of carbonyl (C=O) groups is 1. The summed E-state index contributed by atoms with van der Waals surface area (Å²) in [6.45, 7) is 4.11. The molecule has 1 fully saturated rings. The fourth-order valence-corrected chi connectivity index (χ4v) is 3.47. The van der Waals surface area contributed by atoms with Gasteiger partial charge in [0.1, 0.15) is 19.0 Å². The average molecular weight is 353 g/mol. The van der Waals surface area contributed by atoms with E-state index >= 15 is 0 Å². The van der Waals surface area contributed by atoms with Crippen molar-refractivity contribution in [2.24, 2.45) is 5.92 Å². The number of hydrogen-bond donors (Lipinski definition) is 2. The van der Waals surface area contributed by atoms with Gasteiger partial charge in [0.15, 0.2) is 11.5 Å². The number of piperidine rings is 1. The summed E-state index contributed by atoms with van der Waals surface area (Å²) < 4.78 is 11.2. The van der Waals surface area contributed by atoms with Crippen LogP contribution in [0, 0.1) is 5.92 Å². The molecule has 0 aliphatic carbocycles. The first kappa shape index (κ1) is 16.8. The van der Waals surface area contributed by atoms with Gasteiger partial charge in [-0.1, -0.05) is 6.07 Å². The van der Waals surface area contributed by atoms with Crippen LogP contribution in [0.2, 0.25) is 0 Å². The Morgan fingerprint density at radius 2 is 2.04 bits per heavy atom. The molecule has 2 aliphatic rings. The molecular weight excluding hydrogens is 330 g/mol. The Hall–Kier alpha value is -2.60. The number of anilines is 1. The van der Waals surface area contributed by atoms with E-state index in [1.54, 1.807) is 0 Å². The molecule has 1 aromatic heterocycles. The highest BCUT2D eigenvalue weighted by Gasteiger charge is 2.25. The van der Waals surface area contributed by atoms with E-state index in [2.05, 4.69) is 22.5 Å². The molecule has 0 unspecified atom stereocenters. The molecule has 3 heterocycles. The Labute approximate surface area is 152 Å². The highest BCUT2D eigenvalue weighted by Crippen LogP contribution is 2.34. The van der Waals surface area contributed by atoms with E-state index in [0.29, 0.717) is 25.1 Å². The molecule has 2 N–H and O–H groups in total. The molecule has 0 bridgehead atoms. The lowest BCUT2D eigenvalue weighted by Crippen LogP contribution is -2.40. The number of ether oxygens (including phenoxy) is 2. The normalized spacial score (nSPS) is 21.9. The summed E-state index contributed by atoms with van der Waals surface area (Å²) in [5.41, 5.74) is 1.72. The number of pyridine rings is 1. The number of carbonyl (C=O) groups excluding carboxylic acids is 1. The molecule has 2 aromatic rings. The van der Waals surface area contributed by atoms with Gasteiger partial charge in [-0.25, -0.2) is 4.98 Å². The van der Waals surface area contributed by atoms with Crippen molar-refractivity contribution in [2.75, 3.05) is 25.1 Å². The Balaban J connectivity index is 1.50. The summed E-state index contributed by atoms with van der Waals surface area (Å²) in [6, 6.07) is 11.8. The fourth-order valence-electron chi connectivity index (χ4n) is 3.47. The molecule has 2 atom stereocenters. The van der Waals surface area contributed by atoms with Crippen molar-refractivity contribution in [1.82, 2.24) is 10.3 Å². The molecule has 6 heteroatoms. The van der Waals surface area contributed by atoms with Gasteiger partial charge in [-0.3, -0.25) is 4.79 Å². The second-order valence-electron chi connectivity index (χ2n) is 6.83. The van der Waals surface area contributed by atoms with Crippen LogP contribution in [0.25, 0.3) is 11.3 Å². The number of fused-ring (bicyclic) bond motifs is 1. The smallest absolute Gasteiger partial charge is 0.228 e. The average Bonchev–Trinajstić information content (AvgIpc) is 2.68. The first-order valence-corrected chi connectivity index (χ1v) is 9.10. The van der Waals surface area contributed by atoms with Crippen LogP contribution >= 0.6 is 0 Å². The quantitative estimate of drug-likeness (QED) is 0.888. The van der Waals surface area contributed by atoms with Crippen LogP contribution in [0.4, 0.5) is 5.82 Å². The summed E-state index contributed by atoms with van der Waals surface area (Å²) in [6.07, 6.45) is 1.71. The van der Waals surface area contributed by atoms with Crippen LogP contribution in [0.3, 0.4) is 0 Å². The van der Waals surface area contributed by atoms with Crippen LogP contribution in [-0.2, 0) is 4.79 Å². The maximum Gasteiger partial charge on any atom is 0.228 e. The molecule has 0 saturated carbocycles. The van der Waals surface area contributed by atoms with E-state index in [1.807, 2.05) is 36.4 Å². The molecule has 2 aliphatic heterocycles. The van der Waals surface area contributed by atoms with Crippen molar-refractivity contribution in [3.05, 3.63) is 36.4 Å². The second-order valence-corrected chi connectivity index (χ2v) is 6.83. The van der Waals surface area contributed by atoms with E-state index < -0.39 is 0 Å². The third-order valence-electron chi connectivity index (χ3n) is 4.83. The number of benzene rings is 1. The summed E-state index contributed by atoms with van der Waals surface area (Å²) in [5, 5.41) is 6.34. The van der Waals surface area contributed by atoms with Gasteiger partial charge in [0.2, 0.25) is 5.91 Å². The first-order chi connectivity index (χ1) is 12.7. The monoisotopic (exact) mass is 353 g/mol. The van der Waals surface area contributed by atoms with E-state index in [4.69, 9.17) is 9.47 Å². The van der Waals surface area contributed by atoms with Gasteiger partial charge in [0.25, 0.3) is 0 Å². The van der Waals surface area contributed by atoms with E-state index in [9.17, 15) is 4.79 Å². The van der Waals surface area contributed by atoms with Crippen LogP contribution in [0.5, 0.6) is 11.5 Å². The van der Waals surface area contributed by atoms with Gasteiger partial charge in [0.05, 0.1) is 5.69 Å². The highest BCUT2D eigenvalue weighted by molar-refractivity contribution is 5.92. The van der Waals surface area contributed by atoms with Crippen LogP contribution in [0.15, 0.2) is 36.4 Å². The molecule has 4 rings (SSSR count). The molecule has 26 heavy (non-hydrogen) atoms. The van der Waals surface area contributed by atoms with Crippen LogP contribution in [-0.4, -0.2) is 36.7 Å². The summed E-state index contributed by atoms with van der Waals surface area (Å²) in [5.74, 6) is 2.14. The zero-order chi connectivity index (χ0) is 17.9. The fraction of sp³-hybridized carbons (Fsp3) is 0.400. The Kier molecular flexibility index (Phi) is 4.75.